The number of rotatable bonds is 1. The molecule has 2 aliphatic carbocycles. The van der Waals surface area contributed by atoms with Crippen molar-refractivity contribution in [3.63, 3.8) is 0 Å². The molecule has 1 heterocycles. The number of piperidine rings is 1. The molecule has 3 atom stereocenters. The van der Waals surface area contributed by atoms with Crippen LogP contribution in [0.15, 0.2) is 18.2 Å². The third-order valence-corrected chi connectivity index (χ3v) is 6.27. The van der Waals surface area contributed by atoms with Crippen molar-refractivity contribution in [3.05, 3.63) is 34.9 Å². The van der Waals surface area contributed by atoms with E-state index < -0.39 is 0 Å². The number of fused-ring (bicyclic) bond motifs is 1. The van der Waals surface area contributed by atoms with E-state index >= 15 is 0 Å². The molecule has 0 spiro atoms. The second kappa shape index (κ2) is 4.42. The van der Waals surface area contributed by atoms with Gasteiger partial charge in [0.15, 0.2) is 0 Å². The van der Waals surface area contributed by atoms with Gasteiger partial charge < -0.3 is 4.90 Å². The number of aldehydes is 1. The first-order chi connectivity index (χ1) is 9.74. The minimum absolute atomic E-state index is 0.377. The van der Waals surface area contributed by atoms with Crippen LogP contribution < -0.4 is 0 Å². The molecule has 0 N–H and O–H groups in total. The minimum atomic E-state index is 0.377. The molecule has 0 unspecified atom stereocenters. The normalized spacial score (nSPS) is 36.0. The van der Waals surface area contributed by atoms with E-state index in [1.165, 1.54) is 56.2 Å². The van der Waals surface area contributed by atoms with Crippen LogP contribution >= 0.6 is 0 Å². The molecule has 2 fully saturated rings. The van der Waals surface area contributed by atoms with Gasteiger partial charge in [-0.05, 0) is 62.4 Å². The van der Waals surface area contributed by atoms with Crippen molar-refractivity contribution in [2.45, 2.75) is 50.0 Å². The van der Waals surface area contributed by atoms with Gasteiger partial charge >= 0.3 is 0 Å². The lowest BCUT2D eigenvalue weighted by Crippen LogP contribution is -2.59. The van der Waals surface area contributed by atoms with Gasteiger partial charge in [-0.2, -0.15) is 0 Å². The van der Waals surface area contributed by atoms with Crippen molar-refractivity contribution in [2.24, 2.45) is 5.92 Å². The Hall–Kier alpha value is -1.15. The number of carbonyl (C=O) groups excluding carboxylic acids is 1. The smallest absolute Gasteiger partial charge is 0.150 e. The largest absolute Gasteiger partial charge is 0.303 e. The summed E-state index contributed by atoms with van der Waals surface area (Å²) < 4.78 is 0. The van der Waals surface area contributed by atoms with Gasteiger partial charge in [0.05, 0.1) is 0 Å². The lowest BCUT2D eigenvalue weighted by Gasteiger charge is -2.58. The van der Waals surface area contributed by atoms with Crippen molar-refractivity contribution in [1.29, 1.82) is 0 Å². The molecule has 2 heteroatoms. The molecule has 1 saturated carbocycles. The van der Waals surface area contributed by atoms with Gasteiger partial charge in [0.25, 0.3) is 0 Å². The first-order valence-electron chi connectivity index (χ1n) is 8.03. The molecule has 2 nitrogen and oxygen atoms in total. The fourth-order valence-electron chi connectivity index (χ4n) is 5.29. The lowest BCUT2D eigenvalue weighted by atomic mass is 9.52. The second-order valence-electron chi connectivity index (χ2n) is 7.04. The first kappa shape index (κ1) is 12.6. The summed E-state index contributed by atoms with van der Waals surface area (Å²) in [6, 6.07) is 7.15. The number of likely N-dealkylation sites (N-methyl/N-ethyl adjacent to an activating group) is 1. The fourth-order valence-corrected chi connectivity index (χ4v) is 5.29. The van der Waals surface area contributed by atoms with Gasteiger partial charge in [-0.25, -0.2) is 0 Å². The quantitative estimate of drug-likeness (QED) is 0.730. The SMILES string of the molecule is CN1CC[C@]23CCCC[C@H]2[C@H]1Cc1ccc(C=O)cc13. The van der Waals surface area contributed by atoms with E-state index in [0.29, 0.717) is 5.41 Å². The zero-order chi connectivity index (χ0) is 13.7. The molecule has 0 amide bonds. The van der Waals surface area contributed by atoms with Crippen molar-refractivity contribution < 1.29 is 4.79 Å². The van der Waals surface area contributed by atoms with E-state index in [9.17, 15) is 4.79 Å². The average Bonchev–Trinajstić information content (AvgIpc) is 2.50. The molecular weight excluding hydrogens is 246 g/mol. The van der Waals surface area contributed by atoms with Crippen molar-refractivity contribution in [1.82, 2.24) is 4.90 Å². The molecule has 4 rings (SSSR count). The van der Waals surface area contributed by atoms with Crippen LogP contribution in [0.3, 0.4) is 0 Å². The molecule has 2 bridgehead atoms. The molecule has 1 saturated heterocycles. The van der Waals surface area contributed by atoms with Gasteiger partial charge in [-0.1, -0.05) is 25.0 Å². The molecule has 106 valence electrons. The van der Waals surface area contributed by atoms with Crippen LogP contribution in [0.5, 0.6) is 0 Å². The summed E-state index contributed by atoms with van der Waals surface area (Å²) in [5.41, 5.74) is 4.27. The van der Waals surface area contributed by atoms with Gasteiger partial charge in [0.2, 0.25) is 0 Å². The minimum Gasteiger partial charge on any atom is -0.303 e. The second-order valence-corrected chi connectivity index (χ2v) is 7.04. The average molecular weight is 269 g/mol. The van der Waals surface area contributed by atoms with Crippen LogP contribution in [0.4, 0.5) is 0 Å². The Labute approximate surface area is 121 Å². The Balaban J connectivity index is 1.90. The molecular formula is C18H23NO. The molecule has 3 aliphatic rings. The van der Waals surface area contributed by atoms with Crippen molar-refractivity contribution in [3.8, 4) is 0 Å². The van der Waals surface area contributed by atoms with Crippen LogP contribution in [-0.2, 0) is 11.8 Å². The zero-order valence-corrected chi connectivity index (χ0v) is 12.3. The van der Waals surface area contributed by atoms with E-state index in [2.05, 4.69) is 24.1 Å². The number of likely N-dealkylation sites (tertiary alicyclic amines) is 1. The molecule has 1 aromatic carbocycles. The number of hydrogen-bond acceptors (Lipinski definition) is 2. The van der Waals surface area contributed by atoms with Crippen LogP contribution in [0.2, 0.25) is 0 Å². The zero-order valence-electron chi connectivity index (χ0n) is 12.3. The molecule has 1 aliphatic heterocycles. The molecule has 20 heavy (non-hydrogen) atoms. The van der Waals surface area contributed by atoms with Crippen LogP contribution in [-0.4, -0.2) is 30.8 Å². The summed E-state index contributed by atoms with van der Waals surface area (Å²) in [5, 5.41) is 0. The Bertz CT molecular complexity index is 552. The highest BCUT2D eigenvalue weighted by molar-refractivity contribution is 5.75. The number of benzene rings is 1. The van der Waals surface area contributed by atoms with E-state index in [1.807, 2.05) is 6.07 Å². The predicted molar refractivity (Wildman–Crippen MR) is 80.2 cm³/mol. The predicted octanol–water partition coefficient (Wildman–Crippen LogP) is 3.19. The van der Waals surface area contributed by atoms with E-state index in [0.717, 1.165) is 23.8 Å². The monoisotopic (exact) mass is 269 g/mol. The van der Waals surface area contributed by atoms with Crippen LogP contribution in [0.25, 0.3) is 0 Å². The topological polar surface area (TPSA) is 20.3 Å². The summed E-state index contributed by atoms with van der Waals surface area (Å²) in [4.78, 5) is 13.8. The fraction of sp³-hybridized carbons (Fsp3) is 0.611. The van der Waals surface area contributed by atoms with Crippen LogP contribution in [0.1, 0.15) is 53.6 Å². The Morgan fingerprint density at radius 2 is 2.20 bits per heavy atom. The Morgan fingerprint density at radius 1 is 1.30 bits per heavy atom. The summed E-state index contributed by atoms with van der Waals surface area (Å²) in [5.74, 6) is 0.810. The lowest BCUT2D eigenvalue weighted by molar-refractivity contribution is 0.00284. The maximum atomic E-state index is 11.2. The maximum Gasteiger partial charge on any atom is 0.150 e. The van der Waals surface area contributed by atoms with E-state index in [-0.39, 0.29) is 0 Å². The first-order valence-corrected chi connectivity index (χ1v) is 8.03. The third kappa shape index (κ3) is 1.57. The summed E-state index contributed by atoms with van der Waals surface area (Å²) in [6.45, 7) is 1.21. The van der Waals surface area contributed by atoms with Gasteiger partial charge in [-0.3, -0.25) is 4.79 Å². The number of carbonyl (C=O) groups is 1. The highest BCUT2D eigenvalue weighted by Crippen LogP contribution is 2.55. The van der Waals surface area contributed by atoms with E-state index in [1.54, 1.807) is 0 Å². The maximum absolute atomic E-state index is 11.2. The molecule has 1 aromatic rings. The van der Waals surface area contributed by atoms with Crippen molar-refractivity contribution in [2.75, 3.05) is 13.6 Å². The van der Waals surface area contributed by atoms with Gasteiger partial charge in [0.1, 0.15) is 6.29 Å². The summed E-state index contributed by atoms with van der Waals surface area (Å²) >= 11 is 0. The molecule has 0 aromatic heterocycles. The number of hydrogen-bond donors (Lipinski definition) is 0. The summed E-state index contributed by atoms with van der Waals surface area (Å²) in [7, 11) is 2.30. The number of nitrogens with zero attached hydrogens (tertiary/aromatic N) is 1. The third-order valence-electron chi connectivity index (χ3n) is 6.27. The van der Waals surface area contributed by atoms with Gasteiger partial charge in [-0.15, -0.1) is 0 Å². The van der Waals surface area contributed by atoms with E-state index in [4.69, 9.17) is 0 Å². The summed E-state index contributed by atoms with van der Waals surface area (Å²) in [6.07, 6.45) is 8.92. The molecule has 0 radical (unpaired) electrons. The van der Waals surface area contributed by atoms with Crippen LogP contribution in [0, 0.1) is 5.92 Å². The Morgan fingerprint density at radius 3 is 3.05 bits per heavy atom. The highest BCUT2D eigenvalue weighted by atomic mass is 16.1. The standard InChI is InChI=1S/C18H23NO/c1-19-9-8-18-7-3-2-4-15(18)17(19)11-14-6-5-13(12-20)10-16(14)18/h5-6,10,12,15,17H,2-4,7-9,11H2,1H3/t15-,17+,18+/m0/s1. The highest BCUT2D eigenvalue weighted by Gasteiger charge is 2.52. The van der Waals surface area contributed by atoms with Crippen molar-refractivity contribution >= 4 is 6.29 Å². The van der Waals surface area contributed by atoms with Gasteiger partial charge in [0, 0.05) is 17.0 Å². The Kier molecular flexibility index (Phi) is 2.78.